The van der Waals surface area contributed by atoms with Gasteiger partial charge in [0.15, 0.2) is 5.65 Å². The first-order chi connectivity index (χ1) is 15.6. The van der Waals surface area contributed by atoms with Crippen LogP contribution < -0.4 is 14.5 Å². The van der Waals surface area contributed by atoms with E-state index in [0.717, 1.165) is 72.5 Å². The van der Waals surface area contributed by atoms with E-state index in [1.807, 2.05) is 22.7 Å². The Morgan fingerprint density at radius 1 is 0.969 bits per heavy atom. The summed E-state index contributed by atoms with van der Waals surface area (Å²) in [5, 5.41) is 4.92. The Kier molecular flexibility index (Phi) is 5.53. The van der Waals surface area contributed by atoms with Crippen LogP contribution in [-0.4, -0.2) is 47.9 Å². The molecule has 6 heteroatoms. The maximum absolute atomic E-state index is 5.63. The van der Waals surface area contributed by atoms with E-state index < -0.39 is 0 Å². The summed E-state index contributed by atoms with van der Waals surface area (Å²) >= 11 is 0. The van der Waals surface area contributed by atoms with Gasteiger partial charge in [-0.15, -0.1) is 0 Å². The number of anilines is 1. The molecule has 1 N–H and O–H groups in total. The van der Waals surface area contributed by atoms with Gasteiger partial charge in [-0.3, -0.25) is 0 Å². The molecule has 1 aliphatic heterocycles. The van der Waals surface area contributed by atoms with E-state index in [-0.39, 0.29) is 0 Å². The minimum Gasteiger partial charge on any atom is -0.496 e. The molecule has 0 bridgehead atoms. The van der Waals surface area contributed by atoms with E-state index in [9.17, 15) is 0 Å². The molecule has 6 nitrogen and oxygen atoms in total. The van der Waals surface area contributed by atoms with Crippen LogP contribution in [0.3, 0.4) is 0 Å². The predicted octanol–water partition coefficient (Wildman–Crippen LogP) is 2.93. The number of aryl methyl sites for hydroxylation is 2. The van der Waals surface area contributed by atoms with Crippen molar-refractivity contribution in [3.8, 4) is 16.9 Å². The standard InChI is InChI=1S/C26H29N5O/c1-19-17-24(30-15-13-29(14-16-30)18-21-9-5-4-6-10-21)31-26(27-19)25(20(2)28-31)22-11-7-8-12-23(22)32-3/h4-12,17H,13-16,18H2,1-3H3/p+1. The Morgan fingerprint density at radius 2 is 1.69 bits per heavy atom. The van der Waals surface area contributed by atoms with Crippen LogP contribution in [0.25, 0.3) is 16.8 Å². The third-order valence-corrected chi connectivity index (χ3v) is 6.34. The van der Waals surface area contributed by atoms with Crippen LogP contribution >= 0.6 is 0 Å². The van der Waals surface area contributed by atoms with Gasteiger partial charge in [0, 0.05) is 22.9 Å². The summed E-state index contributed by atoms with van der Waals surface area (Å²) in [4.78, 5) is 8.97. The molecule has 5 rings (SSSR count). The molecule has 2 aromatic heterocycles. The highest BCUT2D eigenvalue weighted by molar-refractivity contribution is 5.84. The van der Waals surface area contributed by atoms with Gasteiger partial charge < -0.3 is 14.5 Å². The lowest BCUT2D eigenvalue weighted by molar-refractivity contribution is -0.914. The number of hydrogen-bond acceptors (Lipinski definition) is 4. The predicted molar refractivity (Wildman–Crippen MR) is 128 cm³/mol. The molecule has 4 aromatic rings. The number of para-hydroxylation sites is 1. The van der Waals surface area contributed by atoms with Crippen molar-refractivity contribution < 1.29 is 9.64 Å². The van der Waals surface area contributed by atoms with Crippen molar-refractivity contribution in [3.63, 3.8) is 0 Å². The number of benzene rings is 2. The van der Waals surface area contributed by atoms with Crippen molar-refractivity contribution >= 4 is 11.5 Å². The first kappa shape index (κ1) is 20.5. The number of ether oxygens (including phenoxy) is 1. The second-order valence-electron chi connectivity index (χ2n) is 8.55. The van der Waals surface area contributed by atoms with Crippen molar-refractivity contribution in [2.24, 2.45) is 0 Å². The van der Waals surface area contributed by atoms with Crippen LogP contribution in [0.1, 0.15) is 17.0 Å². The molecule has 0 radical (unpaired) electrons. The van der Waals surface area contributed by atoms with Gasteiger partial charge in [-0.25, -0.2) is 4.98 Å². The smallest absolute Gasteiger partial charge is 0.165 e. The molecule has 0 saturated carbocycles. The number of fused-ring (bicyclic) bond motifs is 1. The van der Waals surface area contributed by atoms with Crippen LogP contribution in [0, 0.1) is 13.8 Å². The monoisotopic (exact) mass is 428 g/mol. The lowest BCUT2D eigenvalue weighted by Gasteiger charge is -2.33. The van der Waals surface area contributed by atoms with Gasteiger partial charge in [0.2, 0.25) is 0 Å². The fourth-order valence-electron chi connectivity index (χ4n) is 4.73. The van der Waals surface area contributed by atoms with Gasteiger partial charge in [-0.2, -0.15) is 9.61 Å². The van der Waals surface area contributed by atoms with Gasteiger partial charge in [0.1, 0.15) is 18.1 Å². The Labute approximate surface area is 189 Å². The quantitative estimate of drug-likeness (QED) is 0.531. The van der Waals surface area contributed by atoms with Crippen LogP contribution in [0.5, 0.6) is 5.75 Å². The molecule has 1 aliphatic rings. The first-order valence-electron chi connectivity index (χ1n) is 11.3. The zero-order valence-electron chi connectivity index (χ0n) is 19.0. The van der Waals surface area contributed by atoms with Crippen molar-refractivity contribution in [3.05, 3.63) is 77.6 Å². The summed E-state index contributed by atoms with van der Waals surface area (Å²) in [6, 6.07) is 21.0. The fourth-order valence-corrected chi connectivity index (χ4v) is 4.73. The van der Waals surface area contributed by atoms with Crippen LogP contribution in [0.15, 0.2) is 60.7 Å². The average Bonchev–Trinajstić information content (AvgIpc) is 3.15. The summed E-state index contributed by atoms with van der Waals surface area (Å²) in [5.41, 5.74) is 6.33. The van der Waals surface area contributed by atoms with Crippen LogP contribution in [-0.2, 0) is 6.54 Å². The normalized spacial score (nSPS) is 14.8. The molecule has 1 fully saturated rings. The van der Waals surface area contributed by atoms with Crippen molar-refractivity contribution in [1.29, 1.82) is 0 Å². The molecule has 3 heterocycles. The molecule has 32 heavy (non-hydrogen) atoms. The Morgan fingerprint density at radius 3 is 2.44 bits per heavy atom. The fraction of sp³-hybridized carbons (Fsp3) is 0.308. The SMILES string of the molecule is COc1ccccc1-c1c(C)nn2c(N3CC[NH+](Cc4ccccc4)CC3)cc(C)nc12. The Hall–Kier alpha value is -3.38. The highest BCUT2D eigenvalue weighted by Gasteiger charge is 2.25. The van der Waals surface area contributed by atoms with Gasteiger partial charge in [-0.1, -0.05) is 48.5 Å². The average molecular weight is 429 g/mol. The number of piperazine rings is 1. The number of rotatable bonds is 5. The molecule has 1 saturated heterocycles. The first-order valence-corrected chi connectivity index (χ1v) is 11.3. The molecular formula is C26H30N5O+. The second-order valence-corrected chi connectivity index (χ2v) is 8.55. The molecule has 2 aromatic carbocycles. The van der Waals surface area contributed by atoms with Gasteiger partial charge in [0.25, 0.3) is 0 Å². The molecule has 0 aliphatic carbocycles. The van der Waals surface area contributed by atoms with Gasteiger partial charge in [-0.05, 0) is 19.9 Å². The van der Waals surface area contributed by atoms with Crippen LogP contribution in [0.4, 0.5) is 5.82 Å². The number of methoxy groups -OCH3 is 1. The van der Waals surface area contributed by atoms with E-state index in [4.69, 9.17) is 14.8 Å². The van der Waals surface area contributed by atoms with E-state index in [0.29, 0.717) is 0 Å². The highest BCUT2D eigenvalue weighted by Crippen LogP contribution is 2.35. The zero-order chi connectivity index (χ0) is 22.1. The molecule has 164 valence electrons. The topological polar surface area (TPSA) is 47.1 Å². The lowest BCUT2D eigenvalue weighted by atomic mass is 10.1. The second kappa shape index (κ2) is 8.63. The summed E-state index contributed by atoms with van der Waals surface area (Å²) in [6.07, 6.45) is 0. The largest absolute Gasteiger partial charge is 0.496 e. The third kappa shape index (κ3) is 3.82. The molecule has 0 unspecified atom stereocenters. The minimum atomic E-state index is 0.841. The van der Waals surface area contributed by atoms with E-state index in [1.54, 1.807) is 12.0 Å². The number of nitrogens with one attached hydrogen (secondary N) is 1. The summed E-state index contributed by atoms with van der Waals surface area (Å²) in [6.45, 7) is 9.42. The maximum atomic E-state index is 5.63. The number of aromatic nitrogens is 3. The van der Waals surface area contributed by atoms with Crippen molar-refractivity contribution in [1.82, 2.24) is 14.6 Å². The van der Waals surface area contributed by atoms with Crippen molar-refractivity contribution in [2.75, 3.05) is 38.2 Å². The minimum absolute atomic E-state index is 0.841. The highest BCUT2D eigenvalue weighted by atomic mass is 16.5. The summed E-state index contributed by atoms with van der Waals surface area (Å²) < 4.78 is 7.65. The van der Waals surface area contributed by atoms with Gasteiger partial charge >= 0.3 is 0 Å². The number of quaternary nitrogens is 1. The van der Waals surface area contributed by atoms with E-state index >= 15 is 0 Å². The maximum Gasteiger partial charge on any atom is 0.165 e. The molecule has 0 atom stereocenters. The number of nitrogens with zero attached hydrogens (tertiary/aromatic N) is 4. The summed E-state index contributed by atoms with van der Waals surface area (Å²) in [7, 11) is 1.71. The number of hydrogen-bond donors (Lipinski definition) is 1. The summed E-state index contributed by atoms with van der Waals surface area (Å²) in [5.74, 6) is 1.96. The Balaban J connectivity index is 1.46. The zero-order valence-corrected chi connectivity index (χ0v) is 19.0. The van der Waals surface area contributed by atoms with E-state index in [2.05, 4.69) is 61.2 Å². The molecule has 0 spiro atoms. The Bertz CT molecular complexity index is 1230. The molecular weight excluding hydrogens is 398 g/mol. The lowest BCUT2D eigenvalue weighted by Crippen LogP contribution is -3.13. The van der Waals surface area contributed by atoms with E-state index in [1.165, 1.54) is 5.56 Å². The van der Waals surface area contributed by atoms with Crippen molar-refractivity contribution in [2.45, 2.75) is 20.4 Å². The molecule has 0 amide bonds. The van der Waals surface area contributed by atoms with Gasteiger partial charge in [0.05, 0.1) is 44.5 Å². The van der Waals surface area contributed by atoms with Crippen LogP contribution in [0.2, 0.25) is 0 Å². The third-order valence-electron chi connectivity index (χ3n) is 6.34.